The third-order valence-corrected chi connectivity index (χ3v) is 3.62. The minimum atomic E-state index is 0.342. The fraction of sp³-hybridized carbons (Fsp3) is 0.308. The molecule has 0 unspecified atom stereocenters. The zero-order valence-corrected chi connectivity index (χ0v) is 12.2. The molecule has 0 aliphatic carbocycles. The molecule has 8 heteroatoms. The lowest BCUT2D eigenvalue weighted by Crippen LogP contribution is -2.07. The van der Waals surface area contributed by atoms with Gasteiger partial charge in [-0.15, -0.1) is 16.4 Å². The molecule has 3 aromatic rings. The van der Waals surface area contributed by atoms with E-state index in [1.165, 1.54) is 11.3 Å². The number of ether oxygens (including phenoxy) is 2. The number of rotatable bonds is 7. The average Bonchev–Trinajstić information content (AvgIpc) is 3.23. The van der Waals surface area contributed by atoms with Crippen LogP contribution in [0.25, 0.3) is 22.0 Å². The quantitative estimate of drug-likeness (QED) is 0.623. The number of hydrogen-bond acceptors (Lipinski definition) is 7. The summed E-state index contributed by atoms with van der Waals surface area (Å²) in [6.07, 6.45) is 5.11. The Morgan fingerprint density at radius 1 is 1.33 bits per heavy atom. The topological polar surface area (TPSA) is 75.2 Å². The van der Waals surface area contributed by atoms with E-state index < -0.39 is 0 Å². The van der Waals surface area contributed by atoms with E-state index in [2.05, 4.69) is 15.3 Å². The van der Waals surface area contributed by atoms with Crippen molar-refractivity contribution in [1.29, 1.82) is 0 Å². The van der Waals surface area contributed by atoms with E-state index in [4.69, 9.17) is 13.9 Å². The Balaban J connectivity index is 1.66. The Morgan fingerprint density at radius 3 is 3.10 bits per heavy atom. The summed E-state index contributed by atoms with van der Waals surface area (Å²) in [5.41, 5.74) is 2.47. The minimum Gasteiger partial charge on any atom is -0.472 e. The fourth-order valence-corrected chi connectivity index (χ4v) is 2.49. The maximum Gasteiger partial charge on any atom is 0.141 e. The summed E-state index contributed by atoms with van der Waals surface area (Å²) in [5.74, 6) is 0. The molecule has 0 radical (unpaired) electrons. The lowest BCUT2D eigenvalue weighted by molar-refractivity contribution is 0.0281. The zero-order chi connectivity index (χ0) is 14.5. The van der Waals surface area contributed by atoms with E-state index in [1.54, 1.807) is 30.5 Å². The van der Waals surface area contributed by atoms with Crippen molar-refractivity contribution in [2.24, 2.45) is 0 Å². The summed E-state index contributed by atoms with van der Waals surface area (Å²) < 4.78 is 17.0. The first kappa shape index (κ1) is 13.9. The van der Waals surface area contributed by atoms with Crippen LogP contribution in [0.4, 0.5) is 0 Å². The van der Waals surface area contributed by atoms with Gasteiger partial charge >= 0.3 is 0 Å². The second kappa shape index (κ2) is 6.61. The van der Waals surface area contributed by atoms with E-state index in [0.717, 1.165) is 22.0 Å². The highest BCUT2D eigenvalue weighted by Gasteiger charge is 2.10. The van der Waals surface area contributed by atoms with Crippen molar-refractivity contribution >= 4 is 11.3 Å². The van der Waals surface area contributed by atoms with Crippen LogP contribution in [0.1, 0.15) is 0 Å². The second-order valence-electron chi connectivity index (χ2n) is 4.22. The molecule has 0 aliphatic rings. The lowest BCUT2D eigenvalue weighted by atomic mass is 10.3. The maximum absolute atomic E-state index is 5.38. The molecule has 0 bridgehead atoms. The highest BCUT2D eigenvalue weighted by Crippen LogP contribution is 2.27. The van der Waals surface area contributed by atoms with Crippen LogP contribution >= 0.6 is 11.3 Å². The van der Waals surface area contributed by atoms with Gasteiger partial charge in [-0.1, -0.05) is 5.21 Å². The van der Waals surface area contributed by atoms with Gasteiger partial charge in [0.15, 0.2) is 0 Å². The monoisotopic (exact) mass is 306 g/mol. The summed E-state index contributed by atoms with van der Waals surface area (Å²) in [7, 11) is 1.64. The molecular formula is C13H14N4O3S. The minimum absolute atomic E-state index is 0.342. The largest absolute Gasteiger partial charge is 0.472 e. The Kier molecular flexibility index (Phi) is 4.39. The molecule has 110 valence electrons. The Hall–Kier alpha value is -2.03. The first-order valence-corrected chi connectivity index (χ1v) is 7.20. The molecule has 0 fully saturated rings. The molecule has 3 rings (SSSR count). The van der Waals surface area contributed by atoms with Crippen molar-refractivity contribution < 1.29 is 13.9 Å². The van der Waals surface area contributed by atoms with Crippen LogP contribution in [0, 0.1) is 0 Å². The van der Waals surface area contributed by atoms with Gasteiger partial charge in [0.25, 0.3) is 0 Å². The SMILES string of the molecule is COCCOCn1cc(-c2csc(-c3ccoc3)n2)nn1. The Labute approximate surface area is 125 Å². The van der Waals surface area contributed by atoms with Gasteiger partial charge in [0.2, 0.25) is 0 Å². The summed E-state index contributed by atoms with van der Waals surface area (Å²) in [6.45, 7) is 1.42. The van der Waals surface area contributed by atoms with Gasteiger partial charge in [-0.25, -0.2) is 9.67 Å². The standard InChI is InChI=1S/C13H14N4O3S/c1-18-4-5-20-9-17-6-11(15-16-17)12-8-21-13(14-12)10-2-3-19-7-10/h2-3,6-8H,4-5,9H2,1H3. The Bertz CT molecular complexity index is 677. The highest BCUT2D eigenvalue weighted by atomic mass is 32.1. The van der Waals surface area contributed by atoms with Gasteiger partial charge in [-0.05, 0) is 6.07 Å². The van der Waals surface area contributed by atoms with Crippen LogP contribution in [-0.4, -0.2) is 40.3 Å². The summed E-state index contributed by atoms with van der Waals surface area (Å²) in [5, 5.41) is 11.0. The van der Waals surface area contributed by atoms with E-state index in [1.807, 2.05) is 11.4 Å². The normalized spacial score (nSPS) is 11.1. The summed E-state index contributed by atoms with van der Waals surface area (Å²) >= 11 is 1.54. The fourth-order valence-electron chi connectivity index (χ4n) is 1.69. The molecule has 0 atom stereocenters. The molecule has 7 nitrogen and oxygen atoms in total. The average molecular weight is 306 g/mol. The van der Waals surface area contributed by atoms with E-state index >= 15 is 0 Å². The second-order valence-corrected chi connectivity index (χ2v) is 5.08. The molecule has 0 spiro atoms. The van der Waals surface area contributed by atoms with Crippen LogP contribution in [-0.2, 0) is 16.2 Å². The number of hydrogen-bond donors (Lipinski definition) is 0. The first-order chi connectivity index (χ1) is 10.4. The summed E-state index contributed by atoms with van der Waals surface area (Å²) in [4.78, 5) is 4.53. The van der Waals surface area contributed by atoms with Crippen molar-refractivity contribution in [2.45, 2.75) is 6.73 Å². The van der Waals surface area contributed by atoms with Gasteiger partial charge in [-0.2, -0.15) is 0 Å². The molecule has 0 amide bonds. The number of methoxy groups -OCH3 is 1. The molecule has 21 heavy (non-hydrogen) atoms. The van der Waals surface area contributed by atoms with Crippen molar-refractivity contribution in [3.63, 3.8) is 0 Å². The predicted octanol–water partition coefficient (Wildman–Crippen LogP) is 2.28. The van der Waals surface area contributed by atoms with Crippen molar-refractivity contribution in [2.75, 3.05) is 20.3 Å². The number of furan rings is 1. The molecule has 0 aliphatic heterocycles. The van der Waals surface area contributed by atoms with Crippen molar-refractivity contribution in [3.05, 3.63) is 30.2 Å². The van der Waals surface area contributed by atoms with Gasteiger partial charge in [0.1, 0.15) is 29.4 Å². The molecule has 0 aromatic carbocycles. The molecule has 0 saturated heterocycles. The van der Waals surface area contributed by atoms with Crippen molar-refractivity contribution in [1.82, 2.24) is 20.0 Å². The number of nitrogens with zero attached hydrogens (tertiary/aromatic N) is 4. The number of aromatic nitrogens is 4. The Morgan fingerprint density at radius 2 is 2.29 bits per heavy atom. The summed E-state index contributed by atoms with van der Waals surface area (Å²) in [6, 6.07) is 1.88. The third-order valence-electron chi connectivity index (χ3n) is 2.73. The molecule has 3 aromatic heterocycles. The van der Waals surface area contributed by atoms with Crippen LogP contribution < -0.4 is 0 Å². The maximum atomic E-state index is 5.38. The van der Waals surface area contributed by atoms with Gasteiger partial charge in [0, 0.05) is 18.1 Å². The van der Waals surface area contributed by atoms with Crippen molar-refractivity contribution in [3.8, 4) is 22.0 Å². The molecule has 0 saturated carbocycles. The van der Waals surface area contributed by atoms with Crippen LogP contribution in [0.3, 0.4) is 0 Å². The molecule has 0 N–H and O–H groups in total. The smallest absolute Gasteiger partial charge is 0.141 e. The van der Waals surface area contributed by atoms with E-state index in [-0.39, 0.29) is 0 Å². The highest BCUT2D eigenvalue weighted by molar-refractivity contribution is 7.13. The first-order valence-electron chi connectivity index (χ1n) is 6.32. The van der Waals surface area contributed by atoms with E-state index in [0.29, 0.717) is 19.9 Å². The van der Waals surface area contributed by atoms with Crippen LogP contribution in [0.15, 0.2) is 34.6 Å². The van der Waals surface area contributed by atoms with Gasteiger partial charge in [0.05, 0.1) is 25.7 Å². The van der Waals surface area contributed by atoms with Gasteiger partial charge in [-0.3, -0.25) is 0 Å². The van der Waals surface area contributed by atoms with Gasteiger partial charge < -0.3 is 13.9 Å². The lowest BCUT2D eigenvalue weighted by Gasteiger charge is -2.01. The number of thiazole rings is 1. The predicted molar refractivity (Wildman–Crippen MR) is 76.7 cm³/mol. The zero-order valence-electron chi connectivity index (χ0n) is 11.4. The van der Waals surface area contributed by atoms with Crippen LogP contribution in [0.5, 0.6) is 0 Å². The molecule has 3 heterocycles. The van der Waals surface area contributed by atoms with Crippen LogP contribution in [0.2, 0.25) is 0 Å². The third kappa shape index (κ3) is 3.35. The van der Waals surface area contributed by atoms with E-state index in [9.17, 15) is 0 Å². The molecular weight excluding hydrogens is 292 g/mol.